The zero-order valence-electron chi connectivity index (χ0n) is 22.1. The van der Waals surface area contributed by atoms with Crippen LogP contribution in [-0.4, -0.2) is 85.4 Å². The molecule has 0 fully saturated rings. The van der Waals surface area contributed by atoms with Gasteiger partial charge in [-0.15, -0.1) is 0 Å². The number of para-hydroxylation sites is 1. The average Bonchev–Trinajstić information content (AvgIpc) is 2.94. The summed E-state index contributed by atoms with van der Waals surface area (Å²) in [7, 11) is 3.01. The van der Waals surface area contributed by atoms with Crippen LogP contribution in [0.5, 0.6) is 17.2 Å². The molecule has 210 valence electrons. The second-order valence-electron chi connectivity index (χ2n) is 8.94. The van der Waals surface area contributed by atoms with Crippen molar-refractivity contribution in [3.63, 3.8) is 0 Å². The third kappa shape index (κ3) is 7.49. The van der Waals surface area contributed by atoms with E-state index in [1.807, 2.05) is 46.9 Å². The van der Waals surface area contributed by atoms with Gasteiger partial charge in [0.15, 0.2) is 11.5 Å². The molecular weight excluding hydrogens is 619 g/mol. The van der Waals surface area contributed by atoms with Crippen molar-refractivity contribution in [2.24, 2.45) is 0 Å². The predicted octanol–water partition coefficient (Wildman–Crippen LogP) is 2.13. The summed E-state index contributed by atoms with van der Waals surface area (Å²) in [6.07, 6.45) is 0.559. The zero-order chi connectivity index (χ0) is 28.5. The van der Waals surface area contributed by atoms with Gasteiger partial charge >= 0.3 is 0 Å². The summed E-state index contributed by atoms with van der Waals surface area (Å²) >= 11 is 2.00. The standard InChI is InChI=1S/C28H33IN2O8/c1-17(34)31(10-8-19-6-4-5-7-23(19)37-2)22-14-20(28(36)30-9-11-32)15-24(26(22)35)39-27-21(29)12-18(16-33)13-25(27)38-3/h4-7,12-13,15-16,22,24,26,32,35H,8-11,14H2,1-3H3,(H,30,36). The summed E-state index contributed by atoms with van der Waals surface area (Å²) in [5.74, 6) is 0.574. The van der Waals surface area contributed by atoms with E-state index in [0.29, 0.717) is 38.9 Å². The van der Waals surface area contributed by atoms with Gasteiger partial charge in [-0.05, 0) is 58.9 Å². The summed E-state index contributed by atoms with van der Waals surface area (Å²) in [5.41, 5.74) is 1.60. The second-order valence-corrected chi connectivity index (χ2v) is 10.1. The predicted molar refractivity (Wildman–Crippen MR) is 152 cm³/mol. The molecule has 3 N–H and O–H groups in total. The van der Waals surface area contributed by atoms with E-state index in [2.05, 4.69) is 5.32 Å². The van der Waals surface area contributed by atoms with E-state index in [-0.39, 0.29) is 37.8 Å². The maximum Gasteiger partial charge on any atom is 0.247 e. The minimum absolute atomic E-state index is 0.0536. The van der Waals surface area contributed by atoms with Gasteiger partial charge in [0.2, 0.25) is 11.8 Å². The van der Waals surface area contributed by atoms with Crippen LogP contribution in [0.15, 0.2) is 48.0 Å². The van der Waals surface area contributed by atoms with Crippen LogP contribution in [0.2, 0.25) is 0 Å². The Morgan fingerprint density at radius 3 is 2.54 bits per heavy atom. The number of aliphatic hydroxyl groups is 2. The summed E-state index contributed by atoms with van der Waals surface area (Å²) in [6.45, 7) is 1.50. The van der Waals surface area contributed by atoms with E-state index < -0.39 is 24.2 Å². The zero-order valence-corrected chi connectivity index (χ0v) is 24.2. The number of carbonyl (C=O) groups excluding carboxylic acids is 3. The number of aldehydes is 1. The molecule has 1 aliphatic rings. The molecular formula is C28H33IN2O8. The smallest absolute Gasteiger partial charge is 0.247 e. The first kappa shape index (κ1) is 30.4. The Balaban J connectivity index is 1.96. The molecule has 3 unspecified atom stereocenters. The van der Waals surface area contributed by atoms with Crippen molar-refractivity contribution in [1.82, 2.24) is 10.2 Å². The lowest BCUT2D eigenvalue weighted by Crippen LogP contribution is -2.55. The Morgan fingerprint density at radius 2 is 1.90 bits per heavy atom. The number of benzene rings is 2. The van der Waals surface area contributed by atoms with E-state index in [1.54, 1.807) is 13.2 Å². The van der Waals surface area contributed by atoms with E-state index in [4.69, 9.17) is 19.3 Å². The normalized spacial score (nSPS) is 18.5. The minimum atomic E-state index is -1.19. The molecule has 0 bridgehead atoms. The lowest BCUT2D eigenvalue weighted by Gasteiger charge is -2.40. The third-order valence-electron chi connectivity index (χ3n) is 6.48. The van der Waals surface area contributed by atoms with Crippen LogP contribution in [0.4, 0.5) is 0 Å². The summed E-state index contributed by atoms with van der Waals surface area (Å²) in [5, 5.41) is 23.3. The van der Waals surface area contributed by atoms with Crippen LogP contribution in [0.25, 0.3) is 0 Å². The van der Waals surface area contributed by atoms with Gasteiger partial charge in [0.05, 0.1) is 30.4 Å². The van der Waals surface area contributed by atoms with Crippen molar-refractivity contribution in [2.75, 3.05) is 33.9 Å². The molecule has 0 aromatic heterocycles. The van der Waals surface area contributed by atoms with Crippen molar-refractivity contribution >= 4 is 40.7 Å². The number of aliphatic hydroxyl groups excluding tert-OH is 2. The summed E-state index contributed by atoms with van der Waals surface area (Å²) in [6, 6.07) is 9.84. The lowest BCUT2D eigenvalue weighted by molar-refractivity contribution is -0.136. The maximum absolute atomic E-state index is 12.9. The molecule has 39 heavy (non-hydrogen) atoms. The number of hydrogen-bond donors (Lipinski definition) is 3. The van der Waals surface area contributed by atoms with Gasteiger partial charge in [-0.25, -0.2) is 0 Å². The number of hydrogen-bond acceptors (Lipinski definition) is 8. The Bertz CT molecular complexity index is 1220. The third-order valence-corrected chi connectivity index (χ3v) is 7.28. The number of ether oxygens (including phenoxy) is 3. The highest BCUT2D eigenvalue weighted by molar-refractivity contribution is 14.1. The van der Waals surface area contributed by atoms with Gasteiger partial charge in [0, 0.05) is 37.6 Å². The average molecular weight is 652 g/mol. The summed E-state index contributed by atoms with van der Waals surface area (Å²) < 4.78 is 17.6. The maximum atomic E-state index is 12.9. The SMILES string of the molecule is COc1ccccc1CCN(C(C)=O)C1CC(C(=O)NCCO)=CC(Oc2c(I)cc(C=O)cc2OC)C1O. The Labute approximate surface area is 241 Å². The topological polar surface area (TPSA) is 135 Å². The molecule has 10 nitrogen and oxygen atoms in total. The molecule has 1 aliphatic carbocycles. The van der Waals surface area contributed by atoms with Crippen molar-refractivity contribution in [3.8, 4) is 17.2 Å². The first-order chi connectivity index (χ1) is 18.7. The number of methoxy groups -OCH3 is 2. The Hall–Kier alpha value is -3.16. The number of nitrogens with one attached hydrogen (secondary N) is 1. The molecule has 11 heteroatoms. The second kappa shape index (κ2) is 14.3. The van der Waals surface area contributed by atoms with Gasteiger partial charge in [0.25, 0.3) is 0 Å². The Kier molecular flexibility index (Phi) is 11.1. The first-order valence-corrected chi connectivity index (χ1v) is 13.5. The van der Waals surface area contributed by atoms with E-state index >= 15 is 0 Å². The van der Waals surface area contributed by atoms with Crippen LogP contribution < -0.4 is 19.5 Å². The van der Waals surface area contributed by atoms with Crippen molar-refractivity contribution in [1.29, 1.82) is 0 Å². The molecule has 0 aliphatic heterocycles. The molecule has 3 atom stereocenters. The number of rotatable bonds is 12. The first-order valence-electron chi connectivity index (χ1n) is 12.4. The van der Waals surface area contributed by atoms with Crippen molar-refractivity contribution in [3.05, 3.63) is 62.7 Å². The highest BCUT2D eigenvalue weighted by Crippen LogP contribution is 2.37. The summed E-state index contributed by atoms with van der Waals surface area (Å²) in [4.78, 5) is 38.6. The number of amides is 2. The molecule has 0 saturated heterocycles. The highest BCUT2D eigenvalue weighted by atomic mass is 127. The fourth-order valence-corrected chi connectivity index (χ4v) is 5.30. The molecule has 0 radical (unpaired) electrons. The van der Waals surface area contributed by atoms with Crippen molar-refractivity contribution < 1.29 is 38.8 Å². The Morgan fingerprint density at radius 1 is 1.18 bits per heavy atom. The van der Waals surface area contributed by atoms with Gasteiger partial charge in [0.1, 0.15) is 24.2 Å². The van der Waals surface area contributed by atoms with Crippen LogP contribution in [-0.2, 0) is 16.0 Å². The lowest BCUT2D eigenvalue weighted by atomic mass is 9.88. The van der Waals surface area contributed by atoms with Crippen LogP contribution in [0.1, 0.15) is 29.3 Å². The van der Waals surface area contributed by atoms with Gasteiger partial charge in [-0.1, -0.05) is 18.2 Å². The molecule has 3 rings (SSSR count). The van der Waals surface area contributed by atoms with Gasteiger partial charge < -0.3 is 34.6 Å². The van der Waals surface area contributed by atoms with E-state index in [1.165, 1.54) is 31.1 Å². The highest BCUT2D eigenvalue weighted by Gasteiger charge is 2.40. The van der Waals surface area contributed by atoms with Crippen LogP contribution in [0, 0.1) is 3.57 Å². The number of nitrogens with zero attached hydrogens (tertiary/aromatic N) is 1. The van der Waals surface area contributed by atoms with Gasteiger partial charge in [-0.3, -0.25) is 14.4 Å². The van der Waals surface area contributed by atoms with Crippen LogP contribution in [0.3, 0.4) is 0 Å². The van der Waals surface area contributed by atoms with Crippen molar-refractivity contribution in [2.45, 2.75) is 38.0 Å². The molecule has 0 heterocycles. The minimum Gasteiger partial charge on any atom is -0.496 e. The molecule has 2 amide bonds. The molecule has 2 aromatic carbocycles. The molecule has 2 aromatic rings. The monoisotopic (exact) mass is 652 g/mol. The van der Waals surface area contributed by atoms with E-state index in [0.717, 1.165) is 5.56 Å². The number of halogens is 1. The van der Waals surface area contributed by atoms with Gasteiger partial charge in [-0.2, -0.15) is 0 Å². The number of carbonyl (C=O) groups is 3. The van der Waals surface area contributed by atoms with E-state index in [9.17, 15) is 19.5 Å². The quantitative estimate of drug-likeness (QED) is 0.235. The molecule has 0 saturated carbocycles. The fourth-order valence-electron chi connectivity index (χ4n) is 4.55. The molecule has 0 spiro atoms. The van der Waals surface area contributed by atoms with Crippen LogP contribution >= 0.6 is 22.6 Å². The largest absolute Gasteiger partial charge is 0.496 e. The fraction of sp³-hybridized carbons (Fsp3) is 0.393.